The van der Waals surface area contributed by atoms with Gasteiger partial charge < -0.3 is 15.2 Å². The number of rotatable bonds is 8. The Labute approximate surface area is 214 Å². The average Bonchev–Trinajstić information content (AvgIpc) is 3.55. The minimum absolute atomic E-state index is 0.0955. The number of hydrogen-bond donors (Lipinski definition) is 2. The smallest absolute Gasteiger partial charge is 0.427 e. The fourth-order valence-electron chi connectivity index (χ4n) is 3.94. The molecule has 2 atom stereocenters. The highest BCUT2D eigenvalue weighted by Crippen LogP contribution is 2.49. The number of pyridine rings is 1. The lowest BCUT2D eigenvalue weighted by Crippen LogP contribution is -2.44. The number of aliphatic hydroxyl groups excluding tert-OH is 1. The summed E-state index contributed by atoms with van der Waals surface area (Å²) in [6.45, 7) is 10.3. The van der Waals surface area contributed by atoms with Gasteiger partial charge in [0, 0.05) is 12.6 Å². The number of amides is 1. The van der Waals surface area contributed by atoms with Crippen molar-refractivity contribution in [3.63, 3.8) is 0 Å². The maximum atomic E-state index is 14.8. The second-order valence-electron chi connectivity index (χ2n) is 10.5. The normalized spacial score (nSPS) is 16.2. The molecule has 1 fully saturated rings. The third-order valence-corrected chi connectivity index (χ3v) is 8.14. The first-order chi connectivity index (χ1) is 16.7. The van der Waals surface area contributed by atoms with Crippen molar-refractivity contribution in [3.05, 3.63) is 51.6 Å². The Balaban J connectivity index is 2.19. The zero-order valence-corrected chi connectivity index (χ0v) is 22.8. The molecule has 2 aromatic rings. The van der Waals surface area contributed by atoms with Crippen LogP contribution in [0.5, 0.6) is 0 Å². The van der Waals surface area contributed by atoms with E-state index in [9.17, 15) is 23.3 Å². The topological polar surface area (TPSA) is 101 Å². The molecule has 0 bridgehead atoms. The van der Waals surface area contributed by atoms with Crippen LogP contribution in [0, 0.1) is 19.7 Å². The highest BCUT2D eigenvalue weighted by atomic mass is 32.2. The zero-order valence-electron chi connectivity index (χ0n) is 22.0. The minimum atomic E-state index is -1.95. The molecule has 10 heteroatoms. The Morgan fingerprint density at radius 3 is 2.47 bits per heavy atom. The maximum Gasteiger partial charge on any atom is 0.427 e. The number of aryl methyl sites for hydroxylation is 2. The van der Waals surface area contributed by atoms with E-state index in [2.05, 4.69) is 5.32 Å². The Morgan fingerprint density at radius 2 is 1.94 bits per heavy atom. The van der Waals surface area contributed by atoms with E-state index in [-0.39, 0.29) is 29.2 Å². The van der Waals surface area contributed by atoms with Crippen molar-refractivity contribution in [2.45, 2.75) is 83.7 Å². The first-order valence-corrected chi connectivity index (χ1v) is 13.2. The van der Waals surface area contributed by atoms with Gasteiger partial charge in [-0.1, -0.05) is 13.0 Å². The molecular weight excluding hydrogens is 485 g/mol. The third kappa shape index (κ3) is 5.98. The standard InChI is InChI=1S/C26H36FN3O5S/c1-8-18(31)15-26(11-12-26)36(34)30(24(33)35-25(4,5)6)21-14-17(3)23(32)29(7)22(21)28-20-10-9-16(2)13-19(20)27/h9-10,13-14,18,28,31H,8,11-12,15H2,1-7H3. The van der Waals surface area contributed by atoms with Gasteiger partial charge in [0.2, 0.25) is 0 Å². The van der Waals surface area contributed by atoms with E-state index >= 15 is 0 Å². The van der Waals surface area contributed by atoms with Crippen LogP contribution < -0.4 is 15.2 Å². The Morgan fingerprint density at radius 1 is 1.31 bits per heavy atom. The molecule has 1 aliphatic carbocycles. The molecule has 1 aromatic carbocycles. The zero-order chi connectivity index (χ0) is 27.0. The van der Waals surface area contributed by atoms with Crippen molar-refractivity contribution in [3.8, 4) is 0 Å². The van der Waals surface area contributed by atoms with Crippen LogP contribution in [0.2, 0.25) is 0 Å². The molecule has 2 N–H and O–H groups in total. The molecule has 8 nitrogen and oxygen atoms in total. The molecule has 1 aromatic heterocycles. The van der Waals surface area contributed by atoms with Gasteiger partial charge in [0.1, 0.15) is 33.9 Å². The third-order valence-electron chi connectivity index (χ3n) is 6.15. The molecule has 1 saturated carbocycles. The Kier molecular flexibility index (Phi) is 8.00. The van der Waals surface area contributed by atoms with Crippen LogP contribution in [0.1, 0.15) is 64.5 Å². The molecule has 0 aliphatic heterocycles. The fourth-order valence-corrected chi connectivity index (χ4v) is 5.60. The van der Waals surface area contributed by atoms with Gasteiger partial charge >= 0.3 is 6.09 Å². The fraction of sp³-hybridized carbons (Fsp3) is 0.538. The average molecular weight is 522 g/mol. The summed E-state index contributed by atoms with van der Waals surface area (Å²) in [6, 6.07) is 6.06. The van der Waals surface area contributed by atoms with E-state index in [1.165, 1.54) is 29.8 Å². The van der Waals surface area contributed by atoms with Crippen LogP contribution in [0.15, 0.2) is 29.1 Å². The van der Waals surface area contributed by atoms with Gasteiger partial charge in [-0.3, -0.25) is 9.36 Å². The summed E-state index contributed by atoms with van der Waals surface area (Å²) < 4.78 is 36.0. The number of nitrogens with zero attached hydrogens (tertiary/aromatic N) is 2. The summed E-state index contributed by atoms with van der Waals surface area (Å²) in [6.07, 6.45) is 0.354. The summed E-state index contributed by atoms with van der Waals surface area (Å²) in [4.78, 5) is 26.4. The molecule has 0 spiro atoms. The monoisotopic (exact) mass is 521 g/mol. The van der Waals surface area contributed by atoms with Crippen LogP contribution in [0.3, 0.4) is 0 Å². The number of benzene rings is 1. The van der Waals surface area contributed by atoms with Gasteiger partial charge in [-0.25, -0.2) is 13.4 Å². The lowest BCUT2D eigenvalue weighted by atomic mass is 10.1. The summed E-state index contributed by atoms with van der Waals surface area (Å²) in [5.74, 6) is -0.442. The molecule has 1 amide bonds. The number of ether oxygens (including phenoxy) is 1. The largest absolute Gasteiger partial charge is 0.443 e. The number of nitrogens with one attached hydrogen (secondary N) is 1. The number of hydrogen-bond acceptors (Lipinski definition) is 6. The molecule has 0 radical (unpaired) electrons. The van der Waals surface area contributed by atoms with Crippen LogP contribution in [0.25, 0.3) is 0 Å². The van der Waals surface area contributed by atoms with E-state index < -0.39 is 39.3 Å². The van der Waals surface area contributed by atoms with E-state index in [0.29, 0.717) is 24.8 Å². The van der Waals surface area contributed by atoms with Crippen molar-refractivity contribution in [1.29, 1.82) is 0 Å². The summed E-state index contributed by atoms with van der Waals surface area (Å²) in [5, 5.41) is 13.3. The van der Waals surface area contributed by atoms with Crippen LogP contribution >= 0.6 is 0 Å². The number of aromatic nitrogens is 1. The van der Waals surface area contributed by atoms with Crippen molar-refractivity contribution >= 4 is 34.3 Å². The molecule has 2 unspecified atom stereocenters. The predicted octanol–water partition coefficient (Wildman–Crippen LogP) is 4.98. The maximum absolute atomic E-state index is 14.8. The number of anilines is 3. The second kappa shape index (κ2) is 10.3. The molecule has 3 rings (SSSR count). The van der Waals surface area contributed by atoms with E-state index in [1.54, 1.807) is 40.7 Å². The number of carbonyl (C=O) groups excluding carboxylic acids is 1. The van der Waals surface area contributed by atoms with E-state index in [1.807, 2.05) is 6.92 Å². The first kappa shape index (κ1) is 27.9. The number of halogens is 1. The number of aliphatic hydroxyl groups is 1. The van der Waals surface area contributed by atoms with Gasteiger partial charge in [0.15, 0.2) is 0 Å². The molecule has 1 aliphatic rings. The molecular formula is C26H36FN3O5S. The van der Waals surface area contributed by atoms with E-state index in [0.717, 1.165) is 9.87 Å². The van der Waals surface area contributed by atoms with Crippen LogP contribution in [-0.2, 0) is 22.8 Å². The lowest BCUT2D eigenvalue weighted by molar-refractivity contribution is 0.0609. The van der Waals surface area contributed by atoms with Gasteiger partial charge in [0.25, 0.3) is 5.56 Å². The summed E-state index contributed by atoms with van der Waals surface area (Å²) >= 11 is 0. The lowest BCUT2D eigenvalue weighted by Gasteiger charge is -2.31. The molecule has 198 valence electrons. The van der Waals surface area contributed by atoms with Gasteiger partial charge in [-0.15, -0.1) is 0 Å². The van der Waals surface area contributed by atoms with Crippen molar-refractivity contribution in [2.24, 2.45) is 7.05 Å². The summed E-state index contributed by atoms with van der Waals surface area (Å²) in [7, 11) is -0.449. The SMILES string of the molecule is CCC(O)CC1(S(=O)N(C(=O)OC(C)(C)C)c2cc(C)c(=O)n(C)c2Nc2ccc(C)cc2F)CC1. The first-order valence-electron chi connectivity index (χ1n) is 12.1. The van der Waals surface area contributed by atoms with Gasteiger partial charge in [-0.2, -0.15) is 4.31 Å². The number of carbonyl (C=O) groups is 1. The Bertz CT molecular complexity index is 1230. The van der Waals surface area contributed by atoms with Crippen molar-refractivity contribution in [2.75, 3.05) is 9.62 Å². The predicted molar refractivity (Wildman–Crippen MR) is 141 cm³/mol. The van der Waals surface area contributed by atoms with Crippen molar-refractivity contribution in [1.82, 2.24) is 4.57 Å². The molecule has 1 heterocycles. The molecule has 0 saturated heterocycles. The molecule has 36 heavy (non-hydrogen) atoms. The van der Waals surface area contributed by atoms with Gasteiger partial charge in [0.05, 0.1) is 16.5 Å². The van der Waals surface area contributed by atoms with Crippen LogP contribution in [0.4, 0.5) is 26.4 Å². The van der Waals surface area contributed by atoms with Crippen LogP contribution in [-0.4, -0.2) is 36.4 Å². The quantitative estimate of drug-likeness (QED) is 0.508. The van der Waals surface area contributed by atoms with Gasteiger partial charge in [-0.05, 0) is 84.1 Å². The Hall–Kier alpha value is -2.72. The van der Waals surface area contributed by atoms with Crippen molar-refractivity contribution < 1.29 is 23.2 Å². The minimum Gasteiger partial charge on any atom is -0.443 e. The highest BCUT2D eigenvalue weighted by molar-refractivity contribution is 7.89. The van der Waals surface area contributed by atoms with E-state index in [4.69, 9.17) is 4.74 Å². The highest BCUT2D eigenvalue weighted by Gasteiger charge is 2.54. The summed E-state index contributed by atoms with van der Waals surface area (Å²) in [5.41, 5.74) is 0.0129. The second-order valence-corrected chi connectivity index (χ2v) is 12.2.